The Bertz CT molecular complexity index is 2040. The minimum Gasteiger partial charge on any atom is -0.486 e. The Balaban J connectivity index is 0.000000233. The van der Waals surface area contributed by atoms with Gasteiger partial charge >= 0.3 is 11.9 Å². The molecule has 4 aromatic carbocycles. The van der Waals surface area contributed by atoms with Crippen molar-refractivity contribution in [2.24, 2.45) is 0 Å². The lowest BCUT2D eigenvalue weighted by molar-refractivity contribution is 0.0424. The number of hydrogen-bond acceptors (Lipinski definition) is 10. The highest BCUT2D eigenvalue weighted by Crippen LogP contribution is 2.41. The molecule has 0 radical (unpaired) electrons. The van der Waals surface area contributed by atoms with Crippen molar-refractivity contribution in [3.8, 4) is 23.0 Å². The van der Waals surface area contributed by atoms with Gasteiger partial charge in [0.15, 0.2) is 50.9 Å². The molecule has 4 aromatic rings. The number of carbonyl (C=O) groups excluding carboxylic acids is 2. The summed E-state index contributed by atoms with van der Waals surface area (Å²) in [4.78, 5) is 24.9. The van der Waals surface area contributed by atoms with Gasteiger partial charge in [0.25, 0.3) is 0 Å². The van der Waals surface area contributed by atoms with Gasteiger partial charge in [0.05, 0.1) is 24.3 Å². The van der Waals surface area contributed by atoms with E-state index in [4.69, 9.17) is 43.9 Å². The number of aliphatic hydroxyl groups excluding tert-OH is 1. The third-order valence-corrected chi connectivity index (χ3v) is 21.2. The first-order valence-electron chi connectivity index (χ1n) is 20.7. The van der Waals surface area contributed by atoms with Gasteiger partial charge in [-0.15, -0.1) is 0 Å². The van der Waals surface area contributed by atoms with Gasteiger partial charge in [0.1, 0.15) is 26.4 Å². The lowest BCUT2D eigenvalue weighted by Crippen LogP contribution is -2.45. The summed E-state index contributed by atoms with van der Waals surface area (Å²) in [7, 11) is -3.26. The van der Waals surface area contributed by atoms with Crippen molar-refractivity contribution in [2.45, 2.75) is 117 Å². The van der Waals surface area contributed by atoms with Crippen LogP contribution in [0.3, 0.4) is 0 Å². The molecule has 0 amide bonds. The molecule has 0 fully saturated rings. The van der Waals surface area contributed by atoms with E-state index < -0.39 is 27.8 Å². The zero-order valence-electron chi connectivity index (χ0n) is 38.0. The van der Waals surface area contributed by atoms with Gasteiger partial charge < -0.3 is 38.0 Å². The van der Waals surface area contributed by atoms with Crippen molar-refractivity contribution in [1.82, 2.24) is 0 Å². The van der Waals surface area contributed by atoms with Crippen LogP contribution in [0.15, 0.2) is 84.9 Å². The number of esters is 2. The molecule has 2 aliphatic heterocycles. The molecule has 2 aliphatic rings. The van der Waals surface area contributed by atoms with Crippen molar-refractivity contribution in [3.63, 3.8) is 0 Å². The van der Waals surface area contributed by atoms with Crippen LogP contribution in [0.5, 0.6) is 23.0 Å². The van der Waals surface area contributed by atoms with E-state index in [0.29, 0.717) is 64.5 Å². The molecule has 0 bridgehead atoms. The van der Waals surface area contributed by atoms with Crippen LogP contribution < -0.4 is 18.9 Å². The van der Waals surface area contributed by atoms with Crippen molar-refractivity contribution in [2.75, 3.05) is 26.4 Å². The first-order valence-corrected chi connectivity index (χ1v) is 27.7. The Morgan fingerprint density at radius 3 is 1.43 bits per heavy atom. The zero-order valence-corrected chi connectivity index (χ0v) is 40.7. The Hall–Kier alpha value is -4.34. The van der Waals surface area contributed by atoms with E-state index in [1.54, 1.807) is 31.2 Å². The monoisotopic (exact) mass is 892 g/mol. The van der Waals surface area contributed by atoms with E-state index >= 15 is 0 Å². The number of carbonyl (C=O) groups is 2. The largest absolute Gasteiger partial charge is 0.486 e. The Morgan fingerprint density at radius 1 is 0.656 bits per heavy atom. The number of hydrogen-bond donors (Lipinski definition) is 1. The maximum atomic E-state index is 12.6. The lowest BCUT2D eigenvalue weighted by Gasteiger charge is -2.38. The van der Waals surface area contributed by atoms with Crippen LogP contribution >= 0.6 is 11.1 Å². The molecule has 0 saturated carbocycles. The first-order chi connectivity index (χ1) is 28.5. The highest BCUT2D eigenvalue weighted by atomic mass is 35.6. The van der Waals surface area contributed by atoms with Crippen LogP contribution in [0.4, 0.5) is 0 Å². The number of aliphatic hydroxyl groups is 1. The van der Waals surface area contributed by atoms with Crippen LogP contribution in [0.25, 0.3) is 0 Å². The fourth-order valence-corrected chi connectivity index (χ4v) is 6.39. The molecule has 0 aliphatic carbocycles. The molecule has 10 nitrogen and oxygen atoms in total. The predicted octanol–water partition coefficient (Wildman–Crippen LogP) is 11.2. The van der Waals surface area contributed by atoms with Crippen LogP contribution in [0.2, 0.25) is 36.3 Å². The summed E-state index contributed by atoms with van der Waals surface area (Å²) in [6.07, 6.45) is -0.627. The summed E-state index contributed by atoms with van der Waals surface area (Å²) in [5.74, 6) is 1.53. The number of benzene rings is 4. The average Bonchev–Trinajstić information content (AvgIpc) is 3.21. The molecular weight excluding hydrogens is 828 g/mol. The van der Waals surface area contributed by atoms with E-state index in [-0.39, 0.29) is 36.9 Å². The normalized spacial score (nSPS) is 15.9. The van der Waals surface area contributed by atoms with Crippen LogP contribution in [-0.4, -0.2) is 71.4 Å². The van der Waals surface area contributed by atoms with Crippen molar-refractivity contribution in [3.05, 3.63) is 118 Å². The highest BCUT2D eigenvalue weighted by Gasteiger charge is 2.38. The number of halogens is 1. The van der Waals surface area contributed by atoms with Crippen LogP contribution in [-0.2, 0) is 27.1 Å². The van der Waals surface area contributed by atoms with Crippen LogP contribution in [0.1, 0.15) is 84.5 Å². The summed E-state index contributed by atoms with van der Waals surface area (Å²) in [6, 6.07) is 26.0. The molecule has 0 spiro atoms. The van der Waals surface area contributed by atoms with Gasteiger partial charge in [-0.2, -0.15) is 11.1 Å². The van der Waals surface area contributed by atoms with E-state index in [0.717, 1.165) is 16.7 Å². The molecule has 2 atom stereocenters. The van der Waals surface area contributed by atoms with Gasteiger partial charge in [-0.3, -0.25) is 0 Å². The zero-order chi connectivity index (χ0) is 45.2. The third-order valence-electron chi connectivity index (χ3n) is 11.4. The van der Waals surface area contributed by atoms with Gasteiger partial charge in [-0.1, -0.05) is 115 Å². The Labute approximate surface area is 369 Å². The molecule has 1 N–H and O–H groups in total. The SMILES string of the molecule is CC(C)(C)[Si](C)(C)Cl.Cc1c(C(=O)OCc2ccccc2)ccc2c1O[C@@H](CO)CO2.Cc1c(C(=O)OCc2ccccc2)ccc2c1O[C@@H](CO[Si](C)(C)C(C)(C)C)CO2. The predicted molar refractivity (Wildman–Crippen MR) is 247 cm³/mol. The molecule has 0 aromatic heterocycles. The summed E-state index contributed by atoms with van der Waals surface area (Å²) in [6.45, 7) is 27.2. The molecular formula is C48H65ClO10Si2. The summed E-state index contributed by atoms with van der Waals surface area (Å²) in [5.41, 5.74) is 4.17. The summed E-state index contributed by atoms with van der Waals surface area (Å²) >= 11 is 6.15. The molecule has 0 saturated heterocycles. The van der Waals surface area contributed by atoms with Gasteiger partial charge in [0, 0.05) is 11.1 Å². The maximum Gasteiger partial charge on any atom is 0.338 e. The van der Waals surface area contributed by atoms with Crippen molar-refractivity contribution in [1.29, 1.82) is 0 Å². The quantitative estimate of drug-likeness (QED) is 0.0936. The fourth-order valence-electron chi connectivity index (χ4n) is 5.35. The molecule has 6 rings (SSSR count). The number of fused-ring (bicyclic) bond motifs is 2. The van der Waals surface area contributed by atoms with E-state index in [1.165, 1.54) is 0 Å². The maximum absolute atomic E-state index is 12.6. The minimum absolute atomic E-state index is 0.131. The lowest BCUT2D eigenvalue weighted by atomic mass is 10.1. The first kappa shape index (κ1) is 49.3. The van der Waals surface area contributed by atoms with E-state index in [1.807, 2.05) is 67.6 Å². The molecule has 13 heteroatoms. The fraction of sp³-hybridized carbons (Fsp3) is 0.458. The number of ether oxygens (including phenoxy) is 6. The topological polar surface area (TPSA) is 119 Å². The van der Waals surface area contributed by atoms with E-state index in [9.17, 15) is 14.7 Å². The Kier molecular flexibility index (Phi) is 17.1. The van der Waals surface area contributed by atoms with Crippen molar-refractivity contribution < 1.29 is 47.5 Å². The van der Waals surface area contributed by atoms with Gasteiger partial charge in [0.2, 0.25) is 0 Å². The van der Waals surface area contributed by atoms with Crippen molar-refractivity contribution >= 4 is 38.7 Å². The van der Waals surface area contributed by atoms with Gasteiger partial charge in [-0.05, 0) is 72.4 Å². The summed E-state index contributed by atoms with van der Waals surface area (Å²) in [5, 5.41) is 9.67. The Morgan fingerprint density at radius 2 is 1.05 bits per heavy atom. The van der Waals surface area contributed by atoms with Gasteiger partial charge in [-0.25, -0.2) is 9.59 Å². The smallest absolute Gasteiger partial charge is 0.338 e. The minimum atomic E-state index is -1.88. The second-order valence-corrected chi connectivity index (χ2v) is 30.4. The second kappa shape index (κ2) is 21.2. The second-order valence-electron chi connectivity index (χ2n) is 18.3. The summed E-state index contributed by atoms with van der Waals surface area (Å²) < 4.78 is 40.4. The molecule has 2 heterocycles. The number of rotatable bonds is 10. The highest BCUT2D eigenvalue weighted by molar-refractivity contribution is 7.20. The van der Waals surface area contributed by atoms with Crippen LogP contribution in [0, 0.1) is 13.8 Å². The molecule has 61 heavy (non-hydrogen) atoms. The van der Waals surface area contributed by atoms with E-state index in [2.05, 4.69) is 67.7 Å². The molecule has 332 valence electrons. The molecule has 0 unspecified atom stereocenters. The third kappa shape index (κ3) is 13.8. The average molecular weight is 894 g/mol. The standard InChI is InChI=1S/C24H32O5Si.C18H18O5.C6H15ClSi/c1-17-20(23(25)27-14-18-10-8-7-9-11-18)12-13-21-22(17)29-19(15-26-21)16-28-30(5,6)24(2,3)4;1-12-15(18(20)22-10-13-5-3-2-4-6-13)7-8-16-17(12)23-14(9-19)11-21-16;1-6(2,3)8(4,5)7/h7-13,19H,14-16H2,1-6H3;2-8,14,19H,9-11H2,1H3;1-5H3/t19-;14-;/m10./s1.